The summed E-state index contributed by atoms with van der Waals surface area (Å²) in [4.78, 5) is 10.3. The summed E-state index contributed by atoms with van der Waals surface area (Å²) in [5, 5.41) is 14.6. The lowest BCUT2D eigenvalue weighted by Gasteiger charge is -2.11. The maximum absolute atomic E-state index is 10.8. The fourth-order valence-electron chi connectivity index (χ4n) is 1.85. The molecule has 0 spiro atoms. The van der Waals surface area contributed by atoms with Gasteiger partial charge in [0.15, 0.2) is 0 Å². The Hall–Kier alpha value is -1.79. The van der Waals surface area contributed by atoms with Crippen molar-refractivity contribution in [2.75, 3.05) is 12.4 Å². The number of ether oxygens (including phenoxy) is 1. The van der Waals surface area contributed by atoms with E-state index in [0.717, 1.165) is 17.0 Å². The van der Waals surface area contributed by atoms with Gasteiger partial charge in [-0.2, -0.15) is 0 Å². The normalized spacial score (nSPS) is 10.2. The highest BCUT2D eigenvalue weighted by Crippen LogP contribution is 2.29. The van der Waals surface area contributed by atoms with Gasteiger partial charge in [0.05, 0.1) is 16.5 Å². The summed E-state index contributed by atoms with van der Waals surface area (Å²) in [6.45, 7) is 0.494. The molecule has 2 aromatic rings. The van der Waals surface area contributed by atoms with Crippen LogP contribution in [0.3, 0.4) is 0 Å². The number of benzene rings is 2. The first kappa shape index (κ1) is 15.6. The predicted molar refractivity (Wildman–Crippen MR) is 86.1 cm³/mol. The van der Waals surface area contributed by atoms with Crippen LogP contribution in [0.4, 0.5) is 11.4 Å². The van der Waals surface area contributed by atoms with Crippen LogP contribution in [0.2, 0.25) is 5.02 Å². The van der Waals surface area contributed by atoms with E-state index in [2.05, 4.69) is 21.2 Å². The average molecular weight is 372 g/mol. The smallest absolute Gasteiger partial charge is 0.283 e. The molecule has 21 heavy (non-hydrogen) atoms. The third-order valence-electron chi connectivity index (χ3n) is 2.87. The van der Waals surface area contributed by atoms with E-state index < -0.39 is 4.92 Å². The molecule has 0 aliphatic heterocycles. The van der Waals surface area contributed by atoms with Gasteiger partial charge in [0, 0.05) is 28.9 Å². The van der Waals surface area contributed by atoms with Gasteiger partial charge in [0.1, 0.15) is 5.75 Å². The number of nitro benzene ring substituents is 1. The van der Waals surface area contributed by atoms with E-state index in [-0.39, 0.29) is 5.69 Å². The Kier molecular flexibility index (Phi) is 5.03. The molecule has 7 heteroatoms. The van der Waals surface area contributed by atoms with E-state index >= 15 is 0 Å². The molecule has 0 aliphatic rings. The molecule has 0 saturated carbocycles. The summed E-state index contributed by atoms with van der Waals surface area (Å²) in [7, 11) is 1.59. The lowest BCUT2D eigenvalue weighted by atomic mass is 10.2. The number of anilines is 1. The molecular formula is C14H12BrClN2O3. The number of hydrogen-bond donors (Lipinski definition) is 1. The molecule has 1 N–H and O–H groups in total. The van der Waals surface area contributed by atoms with Gasteiger partial charge in [-0.1, -0.05) is 11.6 Å². The Morgan fingerprint density at radius 1 is 1.33 bits per heavy atom. The minimum Gasteiger partial charge on any atom is -0.496 e. The monoisotopic (exact) mass is 370 g/mol. The first-order valence-electron chi connectivity index (χ1n) is 6.01. The number of nitrogens with zero attached hydrogens (tertiary/aromatic N) is 1. The number of nitro groups is 1. The van der Waals surface area contributed by atoms with E-state index in [9.17, 15) is 10.1 Å². The van der Waals surface area contributed by atoms with Crippen molar-refractivity contribution in [2.24, 2.45) is 0 Å². The van der Waals surface area contributed by atoms with Crippen molar-refractivity contribution >= 4 is 38.9 Å². The van der Waals surface area contributed by atoms with Crippen molar-refractivity contribution < 1.29 is 9.66 Å². The van der Waals surface area contributed by atoms with Crippen LogP contribution in [0.5, 0.6) is 5.75 Å². The summed E-state index contributed by atoms with van der Waals surface area (Å²) < 4.78 is 5.69. The number of halogens is 2. The molecule has 0 bridgehead atoms. The maximum atomic E-state index is 10.8. The quantitative estimate of drug-likeness (QED) is 0.614. The SMILES string of the molecule is COc1ccc(Cl)cc1CNc1ccc([N+](=O)[O-])c(Br)c1. The fourth-order valence-corrected chi connectivity index (χ4v) is 2.57. The Bertz CT molecular complexity index is 679. The van der Waals surface area contributed by atoms with Crippen LogP contribution in [0.15, 0.2) is 40.9 Å². The number of rotatable bonds is 5. The lowest BCUT2D eigenvalue weighted by molar-refractivity contribution is -0.385. The van der Waals surface area contributed by atoms with E-state index in [0.29, 0.717) is 16.0 Å². The largest absolute Gasteiger partial charge is 0.496 e. The van der Waals surface area contributed by atoms with Gasteiger partial charge in [-0.25, -0.2) is 0 Å². The van der Waals surface area contributed by atoms with Crippen LogP contribution < -0.4 is 10.1 Å². The molecule has 0 saturated heterocycles. The van der Waals surface area contributed by atoms with Crippen molar-refractivity contribution in [3.8, 4) is 5.75 Å². The van der Waals surface area contributed by atoms with Gasteiger partial charge in [-0.05, 0) is 46.3 Å². The van der Waals surface area contributed by atoms with Gasteiger partial charge in [0.2, 0.25) is 0 Å². The van der Waals surface area contributed by atoms with Gasteiger partial charge in [-0.15, -0.1) is 0 Å². The van der Waals surface area contributed by atoms with Gasteiger partial charge in [-0.3, -0.25) is 10.1 Å². The summed E-state index contributed by atoms with van der Waals surface area (Å²) in [5.74, 6) is 0.730. The van der Waals surface area contributed by atoms with Gasteiger partial charge in [0.25, 0.3) is 5.69 Å². The molecule has 0 heterocycles. The van der Waals surface area contributed by atoms with Gasteiger partial charge >= 0.3 is 0 Å². The van der Waals surface area contributed by atoms with Crippen LogP contribution in [-0.4, -0.2) is 12.0 Å². The van der Waals surface area contributed by atoms with Crippen molar-refractivity contribution in [2.45, 2.75) is 6.54 Å². The molecule has 2 aromatic carbocycles. The number of methoxy groups -OCH3 is 1. The molecule has 0 radical (unpaired) electrons. The predicted octanol–water partition coefficient (Wildman–Crippen LogP) is 4.63. The molecule has 110 valence electrons. The molecule has 0 aliphatic carbocycles. The van der Waals surface area contributed by atoms with E-state index in [1.165, 1.54) is 6.07 Å². The maximum Gasteiger partial charge on any atom is 0.283 e. The number of hydrogen-bond acceptors (Lipinski definition) is 4. The minimum atomic E-state index is -0.437. The summed E-state index contributed by atoms with van der Waals surface area (Å²) in [5.41, 5.74) is 1.69. The molecule has 0 amide bonds. The summed E-state index contributed by atoms with van der Waals surface area (Å²) in [6, 6.07) is 10.1. The molecule has 0 aromatic heterocycles. The van der Waals surface area contributed by atoms with Crippen LogP contribution >= 0.6 is 27.5 Å². The van der Waals surface area contributed by atoms with E-state index in [4.69, 9.17) is 16.3 Å². The van der Waals surface area contributed by atoms with Crippen LogP contribution in [0, 0.1) is 10.1 Å². The molecule has 0 atom stereocenters. The molecule has 0 fully saturated rings. The lowest BCUT2D eigenvalue weighted by Crippen LogP contribution is -2.02. The zero-order chi connectivity index (χ0) is 15.4. The molecule has 2 rings (SSSR count). The second-order valence-electron chi connectivity index (χ2n) is 4.23. The summed E-state index contributed by atoms with van der Waals surface area (Å²) in [6.07, 6.45) is 0. The zero-order valence-electron chi connectivity index (χ0n) is 11.1. The highest BCUT2D eigenvalue weighted by molar-refractivity contribution is 9.10. The highest BCUT2D eigenvalue weighted by atomic mass is 79.9. The summed E-state index contributed by atoms with van der Waals surface area (Å²) >= 11 is 9.16. The van der Waals surface area contributed by atoms with Crippen LogP contribution in [0.25, 0.3) is 0 Å². The first-order chi connectivity index (χ1) is 10.0. The fraction of sp³-hybridized carbons (Fsp3) is 0.143. The minimum absolute atomic E-state index is 0.0286. The van der Waals surface area contributed by atoms with Crippen molar-refractivity contribution in [3.05, 3.63) is 61.6 Å². The van der Waals surface area contributed by atoms with Crippen LogP contribution in [0.1, 0.15) is 5.56 Å². The molecule has 0 unspecified atom stereocenters. The van der Waals surface area contributed by atoms with Gasteiger partial charge < -0.3 is 10.1 Å². The van der Waals surface area contributed by atoms with E-state index in [1.807, 2.05) is 6.07 Å². The Morgan fingerprint density at radius 2 is 2.10 bits per heavy atom. The third-order valence-corrected chi connectivity index (χ3v) is 3.74. The zero-order valence-corrected chi connectivity index (χ0v) is 13.4. The highest BCUT2D eigenvalue weighted by Gasteiger charge is 2.12. The first-order valence-corrected chi connectivity index (χ1v) is 7.18. The molecule has 5 nitrogen and oxygen atoms in total. The van der Waals surface area contributed by atoms with Crippen molar-refractivity contribution in [1.82, 2.24) is 0 Å². The topological polar surface area (TPSA) is 64.4 Å². The third kappa shape index (κ3) is 3.86. The standard InChI is InChI=1S/C14H12BrClN2O3/c1-21-14-5-2-10(16)6-9(14)8-17-11-3-4-13(18(19)20)12(15)7-11/h2-7,17H,8H2,1H3. The Labute approximate surface area is 135 Å². The number of nitrogens with one attached hydrogen (secondary N) is 1. The Morgan fingerprint density at radius 3 is 2.71 bits per heavy atom. The second-order valence-corrected chi connectivity index (χ2v) is 5.52. The Balaban J connectivity index is 2.15. The van der Waals surface area contributed by atoms with Crippen LogP contribution in [-0.2, 0) is 6.54 Å². The van der Waals surface area contributed by atoms with Crippen molar-refractivity contribution in [1.29, 1.82) is 0 Å². The second kappa shape index (κ2) is 6.78. The molecular weight excluding hydrogens is 360 g/mol. The van der Waals surface area contributed by atoms with E-state index in [1.54, 1.807) is 31.4 Å². The van der Waals surface area contributed by atoms with Crippen molar-refractivity contribution in [3.63, 3.8) is 0 Å². The average Bonchev–Trinajstić information content (AvgIpc) is 2.45.